The van der Waals surface area contributed by atoms with Gasteiger partial charge in [-0.15, -0.1) is 5.10 Å². The molecule has 2 N–H and O–H groups in total. The fraction of sp³-hybridized carbons (Fsp3) is 0.364. The second kappa shape index (κ2) is 10.0. The fourth-order valence-corrected chi connectivity index (χ4v) is 5.12. The van der Waals surface area contributed by atoms with Gasteiger partial charge < -0.3 is 9.84 Å². The summed E-state index contributed by atoms with van der Waals surface area (Å²) in [6.45, 7) is 0.150. The standard InChI is InChI=1S/C22H24F2N4O4S/c23-16-4-7-19(8-5-16)33(30,31)26-20-9-6-18(32-22(20)14-29)10-11-28-13-21(25-27-28)15-2-1-3-17(24)12-15/h1-5,7-8,12-13,18,20,22,26,29H,6,9-11,14H2/t18-,20-,22-/m0/s1. The van der Waals surface area contributed by atoms with Crippen LogP contribution in [-0.2, 0) is 21.3 Å². The molecular formula is C22H24F2N4O4S. The van der Waals surface area contributed by atoms with Gasteiger partial charge >= 0.3 is 0 Å². The summed E-state index contributed by atoms with van der Waals surface area (Å²) in [6.07, 6.45) is 2.45. The Balaban J connectivity index is 1.33. The minimum atomic E-state index is -3.88. The first-order chi connectivity index (χ1) is 15.8. The highest BCUT2D eigenvalue weighted by molar-refractivity contribution is 7.89. The molecule has 1 aliphatic heterocycles. The lowest BCUT2D eigenvalue weighted by Gasteiger charge is -2.36. The minimum Gasteiger partial charge on any atom is -0.394 e. The van der Waals surface area contributed by atoms with Crippen LogP contribution in [0.1, 0.15) is 19.3 Å². The number of aromatic nitrogens is 3. The number of aliphatic hydroxyl groups excluding tert-OH is 1. The van der Waals surface area contributed by atoms with Crippen LogP contribution in [0.5, 0.6) is 0 Å². The lowest BCUT2D eigenvalue weighted by molar-refractivity contribution is -0.0891. The van der Waals surface area contributed by atoms with Crippen LogP contribution >= 0.6 is 0 Å². The Bertz CT molecular complexity index is 1190. The van der Waals surface area contributed by atoms with E-state index < -0.39 is 28.0 Å². The number of ether oxygens (including phenoxy) is 1. The molecule has 0 aliphatic carbocycles. The number of rotatable bonds is 8. The summed E-state index contributed by atoms with van der Waals surface area (Å²) in [5, 5.41) is 17.9. The molecule has 3 atom stereocenters. The first-order valence-corrected chi connectivity index (χ1v) is 12.0. The molecule has 2 aromatic carbocycles. The third-order valence-corrected chi connectivity index (χ3v) is 7.07. The zero-order chi connectivity index (χ0) is 23.4. The smallest absolute Gasteiger partial charge is 0.240 e. The second-order valence-electron chi connectivity index (χ2n) is 7.90. The van der Waals surface area contributed by atoms with Crippen molar-refractivity contribution in [3.05, 3.63) is 66.4 Å². The molecule has 4 rings (SSSR count). The van der Waals surface area contributed by atoms with Crippen LogP contribution in [0.3, 0.4) is 0 Å². The highest BCUT2D eigenvalue weighted by Gasteiger charge is 2.34. The van der Waals surface area contributed by atoms with E-state index in [1.54, 1.807) is 23.0 Å². The van der Waals surface area contributed by atoms with E-state index in [4.69, 9.17) is 4.74 Å². The van der Waals surface area contributed by atoms with E-state index in [1.165, 1.54) is 24.3 Å². The van der Waals surface area contributed by atoms with Crippen molar-refractivity contribution in [2.24, 2.45) is 0 Å². The Morgan fingerprint density at radius 2 is 1.91 bits per heavy atom. The normalized spacial score (nSPS) is 21.2. The predicted octanol–water partition coefficient (Wildman–Crippen LogP) is 2.50. The molecule has 1 saturated heterocycles. The molecule has 0 unspecified atom stereocenters. The molecule has 0 spiro atoms. The van der Waals surface area contributed by atoms with E-state index in [0.29, 0.717) is 37.1 Å². The number of halogens is 2. The van der Waals surface area contributed by atoms with Crippen molar-refractivity contribution >= 4 is 10.0 Å². The van der Waals surface area contributed by atoms with Crippen LogP contribution in [0.2, 0.25) is 0 Å². The number of nitrogens with one attached hydrogen (secondary N) is 1. The molecule has 11 heteroatoms. The number of sulfonamides is 1. The minimum absolute atomic E-state index is 0.0528. The number of aliphatic hydroxyl groups is 1. The van der Waals surface area contributed by atoms with Crippen molar-refractivity contribution in [2.45, 2.75) is 49.0 Å². The SMILES string of the molecule is O=S(=O)(N[C@H]1CC[C@@H](CCn2cc(-c3cccc(F)c3)nn2)O[C@H]1CO)c1ccc(F)cc1. The first kappa shape index (κ1) is 23.4. The van der Waals surface area contributed by atoms with Gasteiger partial charge in [0.15, 0.2) is 0 Å². The number of hydrogen-bond donors (Lipinski definition) is 2. The summed E-state index contributed by atoms with van der Waals surface area (Å²) >= 11 is 0. The molecule has 33 heavy (non-hydrogen) atoms. The van der Waals surface area contributed by atoms with Crippen molar-refractivity contribution in [3.8, 4) is 11.3 Å². The largest absolute Gasteiger partial charge is 0.394 e. The lowest BCUT2D eigenvalue weighted by atomic mass is 9.98. The predicted molar refractivity (Wildman–Crippen MR) is 116 cm³/mol. The van der Waals surface area contributed by atoms with Crippen molar-refractivity contribution in [1.29, 1.82) is 0 Å². The van der Waals surface area contributed by atoms with Gasteiger partial charge in [0.05, 0.1) is 35.9 Å². The summed E-state index contributed by atoms with van der Waals surface area (Å²) in [6, 6.07) is 10.0. The quantitative estimate of drug-likeness (QED) is 0.515. The van der Waals surface area contributed by atoms with Crippen LogP contribution in [0.15, 0.2) is 59.6 Å². The summed E-state index contributed by atoms with van der Waals surface area (Å²) in [7, 11) is -3.88. The molecule has 1 aromatic heterocycles. The Hall–Kier alpha value is -2.73. The molecule has 2 heterocycles. The van der Waals surface area contributed by atoms with Gasteiger partial charge in [0.1, 0.15) is 17.3 Å². The van der Waals surface area contributed by atoms with E-state index in [1.807, 2.05) is 0 Å². The van der Waals surface area contributed by atoms with Crippen molar-refractivity contribution in [1.82, 2.24) is 19.7 Å². The van der Waals surface area contributed by atoms with Crippen LogP contribution in [0.4, 0.5) is 8.78 Å². The van der Waals surface area contributed by atoms with Crippen LogP contribution in [0.25, 0.3) is 11.3 Å². The zero-order valence-electron chi connectivity index (χ0n) is 17.6. The van der Waals surface area contributed by atoms with Gasteiger partial charge in [0.2, 0.25) is 10.0 Å². The molecular weight excluding hydrogens is 454 g/mol. The Morgan fingerprint density at radius 3 is 2.64 bits per heavy atom. The van der Waals surface area contributed by atoms with E-state index >= 15 is 0 Å². The van der Waals surface area contributed by atoms with Crippen molar-refractivity contribution in [3.63, 3.8) is 0 Å². The number of benzene rings is 2. The molecule has 8 nitrogen and oxygen atoms in total. The molecule has 0 radical (unpaired) electrons. The summed E-state index contributed by atoms with van der Waals surface area (Å²) in [5.41, 5.74) is 1.19. The van der Waals surface area contributed by atoms with Crippen LogP contribution < -0.4 is 4.72 Å². The Kier molecular flexibility index (Phi) is 7.13. The highest BCUT2D eigenvalue weighted by Crippen LogP contribution is 2.24. The van der Waals surface area contributed by atoms with Gasteiger partial charge in [-0.3, -0.25) is 4.68 Å². The van der Waals surface area contributed by atoms with Crippen molar-refractivity contribution < 1.29 is 27.0 Å². The fourth-order valence-electron chi connectivity index (χ4n) is 3.82. The zero-order valence-corrected chi connectivity index (χ0v) is 18.5. The average Bonchev–Trinajstić information content (AvgIpc) is 3.28. The van der Waals surface area contributed by atoms with Gasteiger partial charge in [-0.1, -0.05) is 17.3 Å². The van der Waals surface area contributed by atoms with E-state index in [-0.39, 0.29) is 23.4 Å². The van der Waals surface area contributed by atoms with Gasteiger partial charge in [0.25, 0.3) is 0 Å². The van der Waals surface area contributed by atoms with Crippen LogP contribution in [-0.4, -0.2) is 53.4 Å². The number of aryl methyl sites for hydroxylation is 1. The highest BCUT2D eigenvalue weighted by atomic mass is 32.2. The van der Waals surface area contributed by atoms with Crippen LogP contribution in [0, 0.1) is 11.6 Å². The second-order valence-corrected chi connectivity index (χ2v) is 9.62. The van der Waals surface area contributed by atoms with Crippen molar-refractivity contribution in [2.75, 3.05) is 6.61 Å². The third-order valence-electron chi connectivity index (χ3n) is 5.57. The summed E-state index contributed by atoms with van der Waals surface area (Å²) in [5.74, 6) is -0.876. The van der Waals surface area contributed by atoms with Gasteiger partial charge in [-0.2, -0.15) is 0 Å². The van der Waals surface area contributed by atoms with Gasteiger partial charge in [-0.25, -0.2) is 21.9 Å². The Labute approximate surface area is 190 Å². The molecule has 0 saturated carbocycles. The lowest BCUT2D eigenvalue weighted by Crippen LogP contribution is -2.50. The maximum absolute atomic E-state index is 13.4. The van der Waals surface area contributed by atoms with E-state index in [0.717, 1.165) is 12.1 Å². The first-order valence-electron chi connectivity index (χ1n) is 10.5. The van der Waals surface area contributed by atoms with Gasteiger partial charge in [-0.05, 0) is 55.7 Å². The maximum atomic E-state index is 13.4. The average molecular weight is 479 g/mol. The monoisotopic (exact) mass is 478 g/mol. The topological polar surface area (TPSA) is 106 Å². The molecule has 3 aromatic rings. The molecule has 176 valence electrons. The Morgan fingerprint density at radius 1 is 1.12 bits per heavy atom. The van der Waals surface area contributed by atoms with E-state index in [9.17, 15) is 22.3 Å². The maximum Gasteiger partial charge on any atom is 0.240 e. The molecule has 0 amide bonds. The summed E-state index contributed by atoms with van der Waals surface area (Å²) in [4.78, 5) is -0.0528. The van der Waals surface area contributed by atoms with Gasteiger partial charge in [0, 0.05) is 12.1 Å². The molecule has 0 bridgehead atoms. The van der Waals surface area contributed by atoms with E-state index in [2.05, 4.69) is 15.0 Å². The number of nitrogens with zero attached hydrogens (tertiary/aromatic N) is 3. The summed E-state index contributed by atoms with van der Waals surface area (Å²) < 4.78 is 61.8. The third kappa shape index (κ3) is 5.80. The number of hydrogen-bond acceptors (Lipinski definition) is 6. The molecule has 1 fully saturated rings. The molecule has 1 aliphatic rings.